The Morgan fingerprint density at radius 2 is 1.96 bits per heavy atom. The van der Waals surface area contributed by atoms with Crippen LogP contribution in [0.25, 0.3) is 11.3 Å². The zero-order chi connectivity index (χ0) is 20.5. The van der Waals surface area contributed by atoms with Crippen LogP contribution in [0.15, 0.2) is 28.5 Å². The number of phenols is 2. The Bertz CT molecular complexity index is 1160. The Morgan fingerprint density at radius 3 is 2.54 bits per heavy atom. The molecule has 1 aliphatic carbocycles. The molecule has 0 radical (unpaired) electrons. The minimum atomic E-state index is -1.54. The van der Waals surface area contributed by atoms with E-state index in [1.807, 2.05) is 0 Å². The molecule has 0 bridgehead atoms. The van der Waals surface area contributed by atoms with Gasteiger partial charge >= 0.3 is 0 Å². The van der Waals surface area contributed by atoms with E-state index in [0.717, 1.165) is 11.3 Å². The molecule has 144 valence electrons. The molecule has 5 N–H and O–H groups in total. The second kappa shape index (κ2) is 5.59. The highest BCUT2D eigenvalue weighted by Crippen LogP contribution is 2.59. The summed E-state index contributed by atoms with van der Waals surface area (Å²) in [6.07, 6.45) is 1.18. The van der Waals surface area contributed by atoms with Gasteiger partial charge in [-0.1, -0.05) is 0 Å². The summed E-state index contributed by atoms with van der Waals surface area (Å²) in [5.41, 5.74) is 4.52. The maximum atomic E-state index is 13.2. The SMILES string of the molecule is CC(=O)C1=C(O)C=C2Oc3c(-c4csc(N)n4)c(O)c(C)c(O)c3C2(C)C1=O. The van der Waals surface area contributed by atoms with Crippen LogP contribution in [0.3, 0.4) is 0 Å². The van der Waals surface area contributed by atoms with Crippen LogP contribution in [0, 0.1) is 6.92 Å². The Balaban J connectivity index is 2.07. The van der Waals surface area contributed by atoms with Gasteiger partial charge in [-0.3, -0.25) is 9.59 Å². The topological polar surface area (TPSA) is 143 Å². The summed E-state index contributed by atoms with van der Waals surface area (Å²) in [4.78, 5) is 29.3. The molecule has 0 saturated carbocycles. The first kappa shape index (κ1) is 18.1. The van der Waals surface area contributed by atoms with Crippen molar-refractivity contribution in [2.24, 2.45) is 0 Å². The summed E-state index contributed by atoms with van der Waals surface area (Å²) in [6.45, 7) is 4.16. The molecule has 8 nitrogen and oxygen atoms in total. The van der Waals surface area contributed by atoms with Crippen LogP contribution in [0.4, 0.5) is 5.13 Å². The first-order valence-electron chi connectivity index (χ1n) is 8.28. The standard InChI is InChI=1S/C19H16N2O6S/c1-6-14(24)12(8-5-28-18(20)21-8)16-13(15(6)25)19(3)10(27-16)4-9(23)11(7(2)22)17(19)26/h4-5,23-25H,1-3H3,(H2,20,21). The van der Waals surface area contributed by atoms with Gasteiger partial charge in [0.05, 0.1) is 16.8 Å². The highest BCUT2D eigenvalue weighted by molar-refractivity contribution is 7.13. The van der Waals surface area contributed by atoms with Crippen LogP contribution >= 0.6 is 11.3 Å². The Morgan fingerprint density at radius 1 is 1.29 bits per heavy atom. The molecule has 28 heavy (non-hydrogen) atoms. The number of nitrogens with two attached hydrogens (primary N) is 1. The third kappa shape index (κ3) is 2.07. The van der Waals surface area contributed by atoms with Crippen molar-refractivity contribution in [1.82, 2.24) is 4.98 Å². The van der Waals surface area contributed by atoms with Gasteiger partial charge < -0.3 is 25.8 Å². The van der Waals surface area contributed by atoms with Gasteiger partial charge in [-0.25, -0.2) is 4.98 Å². The number of Topliss-reactive ketones (excluding diaryl/α,β-unsaturated/α-hetero) is 2. The molecule has 4 rings (SSSR count). The molecule has 0 saturated heterocycles. The molecule has 2 heterocycles. The van der Waals surface area contributed by atoms with E-state index in [9.17, 15) is 24.9 Å². The number of hydrogen-bond acceptors (Lipinski definition) is 9. The Labute approximate surface area is 163 Å². The molecule has 0 fully saturated rings. The van der Waals surface area contributed by atoms with E-state index in [1.165, 1.54) is 26.8 Å². The van der Waals surface area contributed by atoms with E-state index in [4.69, 9.17) is 10.5 Å². The van der Waals surface area contributed by atoms with Crippen LogP contribution in [-0.2, 0) is 15.0 Å². The number of anilines is 1. The quantitative estimate of drug-likeness (QED) is 0.563. The lowest BCUT2D eigenvalue weighted by Crippen LogP contribution is -2.38. The summed E-state index contributed by atoms with van der Waals surface area (Å²) in [6, 6.07) is 0. The van der Waals surface area contributed by atoms with Crippen molar-refractivity contribution >= 4 is 28.0 Å². The lowest BCUT2D eigenvalue weighted by molar-refractivity contribution is -0.123. The average molecular weight is 400 g/mol. The number of thiazole rings is 1. The van der Waals surface area contributed by atoms with Gasteiger partial charge in [0, 0.05) is 17.0 Å². The van der Waals surface area contributed by atoms with Crippen LogP contribution in [-0.4, -0.2) is 31.9 Å². The molecular weight excluding hydrogens is 384 g/mol. The van der Waals surface area contributed by atoms with Gasteiger partial charge in [-0.05, 0) is 20.8 Å². The van der Waals surface area contributed by atoms with Crippen LogP contribution in [0.1, 0.15) is 25.0 Å². The number of rotatable bonds is 2. The smallest absolute Gasteiger partial charge is 0.188 e. The van der Waals surface area contributed by atoms with E-state index in [1.54, 1.807) is 5.38 Å². The minimum absolute atomic E-state index is 0.0330. The number of fused-ring (bicyclic) bond motifs is 3. The van der Waals surface area contributed by atoms with E-state index in [2.05, 4.69) is 4.98 Å². The fraction of sp³-hybridized carbons (Fsp3) is 0.211. The van der Waals surface area contributed by atoms with Gasteiger partial charge in [-0.2, -0.15) is 0 Å². The van der Waals surface area contributed by atoms with Crippen molar-refractivity contribution in [3.05, 3.63) is 39.7 Å². The number of aromatic hydroxyl groups is 2. The molecule has 9 heteroatoms. The molecule has 2 aliphatic rings. The van der Waals surface area contributed by atoms with Crippen molar-refractivity contribution in [1.29, 1.82) is 0 Å². The van der Waals surface area contributed by atoms with Crippen molar-refractivity contribution in [3.8, 4) is 28.5 Å². The summed E-state index contributed by atoms with van der Waals surface area (Å²) in [5.74, 6) is -2.32. The molecule has 1 aromatic heterocycles. The van der Waals surface area contributed by atoms with Gasteiger partial charge in [-0.15, -0.1) is 11.3 Å². The highest BCUT2D eigenvalue weighted by Gasteiger charge is 2.55. The number of ketones is 2. The van der Waals surface area contributed by atoms with Crippen LogP contribution < -0.4 is 10.5 Å². The second-order valence-electron chi connectivity index (χ2n) is 6.85. The molecule has 1 aliphatic heterocycles. The first-order chi connectivity index (χ1) is 13.1. The van der Waals surface area contributed by atoms with Crippen molar-refractivity contribution in [3.63, 3.8) is 0 Å². The van der Waals surface area contributed by atoms with E-state index in [-0.39, 0.29) is 50.4 Å². The number of ether oxygens (including phenoxy) is 1. The van der Waals surface area contributed by atoms with Gasteiger partial charge in [0.25, 0.3) is 0 Å². The predicted molar refractivity (Wildman–Crippen MR) is 101 cm³/mol. The number of carbonyl (C=O) groups is 2. The fourth-order valence-corrected chi connectivity index (χ4v) is 4.22. The second-order valence-corrected chi connectivity index (χ2v) is 7.74. The third-order valence-corrected chi connectivity index (χ3v) is 5.85. The largest absolute Gasteiger partial charge is 0.507 e. The number of allylic oxidation sites excluding steroid dienone is 3. The van der Waals surface area contributed by atoms with E-state index >= 15 is 0 Å². The van der Waals surface area contributed by atoms with Gasteiger partial charge in [0.1, 0.15) is 39.8 Å². The number of carbonyl (C=O) groups excluding carboxylic acids is 2. The van der Waals surface area contributed by atoms with Crippen LogP contribution in [0.5, 0.6) is 17.2 Å². The summed E-state index contributed by atoms with van der Waals surface area (Å²) < 4.78 is 5.83. The average Bonchev–Trinajstić information content (AvgIpc) is 3.15. The first-order valence-corrected chi connectivity index (χ1v) is 9.16. The normalized spacial score (nSPS) is 20.5. The summed E-state index contributed by atoms with van der Waals surface area (Å²) >= 11 is 1.16. The Hall–Kier alpha value is -3.33. The molecule has 0 amide bonds. The molecule has 1 aromatic carbocycles. The highest BCUT2D eigenvalue weighted by atomic mass is 32.1. The van der Waals surface area contributed by atoms with Gasteiger partial charge in [0.2, 0.25) is 0 Å². The fourth-order valence-electron chi connectivity index (χ4n) is 3.67. The van der Waals surface area contributed by atoms with Crippen molar-refractivity contribution in [2.75, 3.05) is 5.73 Å². The monoisotopic (exact) mass is 400 g/mol. The van der Waals surface area contributed by atoms with Crippen molar-refractivity contribution < 1.29 is 29.6 Å². The summed E-state index contributed by atoms with van der Waals surface area (Å²) in [5, 5.41) is 33.5. The number of hydrogen-bond donors (Lipinski definition) is 4. The molecule has 2 aromatic rings. The number of phenolic OH excluding ortho intramolecular Hbond substituents is 2. The number of aromatic nitrogens is 1. The third-order valence-electron chi connectivity index (χ3n) is 5.18. The summed E-state index contributed by atoms with van der Waals surface area (Å²) in [7, 11) is 0. The molecular formula is C19H16N2O6S. The molecule has 0 spiro atoms. The van der Waals surface area contributed by atoms with Crippen LogP contribution in [0.2, 0.25) is 0 Å². The lowest BCUT2D eigenvalue weighted by Gasteiger charge is -2.28. The Kier molecular flexibility index (Phi) is 3.60. The predicted octanol–water partition coefficient (Wildman–Crippen LogP) is 2.63. The minimum Gasteiger partial charge on any atom is -0.507 e. The molecule has 1 atom stereocenters. The maximum Gasteiger partial charge on any atom is 0.188 e. The number of nitrogen functional groups attached to an aromatic ring is 1. The lowest BCUT2D eigenvalue weighted by atomic mass is 9.71. The number of nitrogens with zero attached hydrogens (tertiary/aromatic N) is 1. The van der Waals surface area contributed by atoms with E-state index < -0.39 is 22.7 Å². The van der Waals surface area contributed by atoms with E-state index in [0.29, 0.717) is 5.69 Å². The number of aliphatic hydroxyl groups excluding tert-OH is 1. The van der Waals surface area contributed by atoms with Crippen molar-refractivity contribution in [2.45, 2.75) is 26.2 Å². The number of aliphatic hydroxyl groups is 1. The molecule has 1 unspecified atom stereocenters. The zero-order valence-corrected chi connectivity index (χ0v) is 16.0. The maximum absolute atomic E-state index is 13.2. The van der Waals surface area contributed by atoms with Gasteiger partial charge in [0.15, 0.2) is 16.7 Å². The zero-order valence-electron chi connectivity index (χ0n) is 15.2. The number of benzene rings is 1.